The van der Waals surface area contributed by atoms with Crippen LogP contribution < -0.4 is 10.5 Å². The summed E-state index contributed by atoms with van der Waals surface area (Å²) < 4.78 is 11.0. The second kappa shape index (κ2) is 6.79. The Morgan fingerprint density at radius 1 is 1.20 bits per heavy atom. The van der Waals surface area contributed by atoms with E-state index in [1.165, 1.54) is 5.56 Å². The van der Waals surface area contributed by atoms with E-state index in [-0.39, 0.29) is 11.5 Å². The Morgan fingerprint density at radius 2 is 1.96 bits per heavy atom. The zero-order valence-corrected chi connectivity index (χ0v) is 15.0. The van der Waals surface area contributed by atoms with Gasteiger partial charge in [-0.3, -0.25) is 0 Å². The van der Waals surface area contributed by atoms with Crippen molar-refractivity contribution in [3.63, 3.8) is 0 Å². The first-order chi connectivity index (χ1) is 11.9. The molecule has 4 nitrogen and oxygen atoms in total. The minimum atomic E-state index is -0.723. The Hall–Kier alpha value is -2.49. The van der Waals surface area contributed by atoms with Crippen LogP contribution in [0.15, 0.2) is 42.5 Å². The molecule has 0 radical (unpaired) electrons. The zero-order valence-electron chi connectivity index (χ0n) is 15.0. The van der Waals surface area contributed by atoms with E-state index < -0.39 is 6.09 Å². The first-order valence-corrected chi connectivity index (χ1v) is 8.73. The van der Waals surface area contributed by atoms with Crippen LogP contribution in [0.5, 0.6) is 5.75 Å². The highest BCUT2D eigenvalue weighted by Gasteiger charge is 2.38. The molecular weight excluding hydrogens is 314 g/mol. The lowest BCUT2D eigenvalue weighted by atomic mass is 9.71. The normalized spacial score (nSPS) is 18.3. The molecule has 2 aromatic carbocycles. The molecule has 0 aliphatic heterocycles. The average Bonchev–Trinajstić information content (AvgIpc) is 2.57. The molecule has 1 aliphatic rings. The lowest BCUT2D eigenvalue weighted by Gasteiger charge is -2.39. The number of hydrogen-bond acceptors (Lipinski definition) is 3. The highest BCUT2D eigenvalue weighted by Crippen LogP contribution is 2.46. The molecule has 0 heterocycles. The quantitative estimate of drug-likeness (QED) is 0.865. The van der Waals surface area contributed by atoms with Gasteiger partial charge in [-0.2, -0.15) is 0 Å². The number of carbonyl (C=O) groups excluding carboxylic acids is 1. The van der Waals surface area contributed by atoms with Gasteiger partial charge in [0, 0.05) is 5.41 Å². The van der Waals surface area contributed by atoms with Gasteiger partial charge >= 0.3 is 6.09 Å². The predicted octanol–water partition coefficient (Wildman–Crippen LogP) is 4.86. The molecule has 3 rings (SSSR count). The van der Waals surface area contributed by atoms with Crippen LogP contribution in [0.4, 0.5) is 4.79 Å². The standard InChI is InChI=1S/C21H25NO3/c1-4-24-17-7-5-6-14(13-17)15-8-9-18-16(12-15)10-11-21(2,3)19(18)25-20(22)23/h5-9,12-13,19H,4,10-11H2,1-3H3,(H2,22,23). The number of rotatable bonds is 4. The molecule has 0 fully saturated rings. The third kappa shape index (κ3) is 3.63. The minimum Gasteiger partial charge on any atom is -0.494 e. The molecule has 132 valence electrons. The Labute approximate surface area is 148 Å². The van der Waals surface area contributed by atoms with E-state index >= 15 is 0 Å². The molecule has 4 heteroatoms. The number of primary amides is 1. The predicted molar refractivity (Wildman–Crippen MR) is 98.6 cm³/mol. The van der Waals surface area contributed by atoms with Gasteiger partial charge in [-0.1, -0.05) is 44.2 Å². The maximum Gasteiger partial charge on any atom is 0.405 e. The third-order valence-corrected chi connectivity index (χ3v) is 4.89. The summed E-state index contributed by atoms with van der Waals surface area (Å²) in [5.74, 6) is 0.869. The van der Waals surface area contributed by atoms with E-state index in [1.807, 2.05) is 19.1 Å². The Kier molecular flexibility index (Phi) is 4.71. The van der Waals surface area contributed by atoms with Crippen molar-refractivity contribution in [2.45, 2.75) is 39.7 Å². The van der Waals surface area contributed by atoms with Gasteiger partial charge in [-0.05, 0) is 54.2 Å². The molecule has 2 N–H and O–H groups in total. The summed E-state index contributed by atoms with van der Waals surface area (Å²) in [5.41, 5.74) is 9.69. The van der Waals surface area contributed by atoms with Crippen LogP contribution in [0.3, 0.4) is 0 Å². The van der Waals surface area contributed by atoms with Gasteiger partial charge in [-0.15, -0.1) is 0 Å². The molecule has 0 spiro atoms. The number of ether oxygens (including phenoxy) is 2. The summed E-state index contributed by atoms with van der Waals surface area (Å²) in [5, 5.41) is 0. The van der Waals surface area contributed by atoms with Crippen molar-refractivity contribution in [3.05, 3.63) is 53.6 Å². The highest BCUT2D eigenvalue weighted by atomic mass is 16.6. The topological polar surface area (TPSA) is 61.6 Å². The van der Waals surface area contributed by atoms with E-state index in [4.69, 9.17) is 15.2 Å². The van der Waals surface area contributed by atoms with Crippen molar-refractivity contribution in [1.82, 2.24) is 0 Å². The zero-order chi connectivity index (χ0) is 18.0. The number of benzene rings is 2. The van der Waals surface area contributed by atoms with Crippen LogP contribution in [0, 0.1) is 5.41 Å². The molecule has 1 amide bonds. The molecule has 25 heavy (non-hydrogen) atoms. The number of nitrogens with two attached hydrogens (primary N) is 1. The lowest BCUT2D eigenvalue weighted by Crippen LogP contribution is -2.33. The molecular formula is C21H25NO3. The molecule has 0 saturated heterocycles. The van der Waals surface area contributed by atoms with E-state index in [0.29, 0.717) is 6.61 Å². The summed E-state index contributed by atoms with van der Waals surface area (Å²) in [6.45, 7) is 6.85. The Morgan fingerprint density at radius 3 is 2.68 bits per heavy atom. The van der Waals surface area contributed by atoms with Crippen LogP contribution in [0.1, 0.15) is 44.4 Å². The molecule has 2 aromatic rings. The average molecular weight is 339 g/mol. The number of carbonyl (C=O) groups is 1. The van der Waals surface area contributed by atoms with Crippen LogP contribution >= 0.6 is 0 Å². The fourth-order valence-corrected chi connectivity index (χ4v) is 3.54. The maximum absolute atomic E-state index is 11.3. The summed E-state index contributed by atoms with van der Waals surface area (Å²) in [6.07, 6.45) is 0.873. The fraction of sp³-hybridized carbons (Fsp3) is 0.381. The minimum absolute atomic E-state index is 0.127. The number of aryl methyl sites for hydroxylation is 1. The van der Waals surface area contributed by atoms with Gasteiger partial charge in [0.1, 0.15) is 11.9 Å². The number of amides is 1. The SMILES string of the molecule is CCOc1cccc(-c2ccc3c(c2)CCC(C)(C)C3OC(N)=O)c1. The van der Waals surface area contributed by atoms with Crippen molar-refractivity contribution in [1.29, 1.82) is 0 Å². The first kappa shape index (κ1) is 17.3. The maximum atomic E-state index is 11.3. The second-order valence-electron chi connectivity index (χ2n) is 7.18. The Bertz CT molecular complexity index is 782. The van der Waals surface area contributed by atoms with Crippen LogP contribution in [-0.2, 0) is 11.2 Å². The van der Waals surface area contributed by atoms with E-state index in [0.717, 1.165) is 35.3 Å². The van der Waals surface area contributed by atoms with Crippen molar-refractivity contribution in [2.75, 3.05) is 6.61 Å². The van der Waals surface area contributed by atoms with Crippen LogP contribution in [-0.4, -0.2) is 12.7 Å². The van der Waals surface area contributed by atoms with Gasteiger partial charge < -0.3 is 15.2 Å². The third-order valence-electron chi connectivity index (χ3n) is 4.89. The molecule has 0 bridgehead atoms. The van der Waals surface area contributed by atoms with E-state index in [1.54, 1.807) is 0 Å². The fourth-order valence-electron chi connectivity index (χ4n) is 3.54. The van der Waals surface area contributed by atoms with Gasteiger partial charge in [0.05, 0.1) is 6.61 Å². The molecule has 1 unspecified atom stereocenters. The van der Waals surface area contributed by atoms with Crippen LogP contribution in [0.2, 0.25) is 0 Å². The first-order valence-electron chi connectivity index (χ1n) is 8.73. The highest BCUT2D eigenvalue weighted by molar-refractivity contribution is 5.68. The lowest BCUT2D eigenvalue weighted by molar-refractivity contribution is 0.0147. The van der Waals surface area contributed by atoms with Crippen LogP contribution in [0.25, 0.3) is 11.1 Å². The van der Waals surface area contributed by atoms with E-state index in [9.17, 15) is 4.79 Å². The molecule has 1 atom stereocenters. The van der Waals surface area contributed by atoms with Gasteiger partial charge in [0.25, 0.3) is 0 Å². The number of hydrogen-bond donors (Lipinski definition) is 1. The summed E-state index contributed by atoms with van der Waals surface area (Å²) in [4.78, 5) is 11.3. The Balaban J connectivity index is 1.97. The summed E-state index contributed by atoms with van der Waals surface area (Å²) >= 11 is 0. The van der Waals surface area contributed by atoms with Crippen molar-refractivity contribution in [3.8, 4) is 16.9 Å². The van der Waals surface area contributed by atoms with Gasteiger partial charge in [0.15, 0.2) is 0 Å². The van der Waals surface area contributed by atoms with Crippen molar-refractivity contribution in [2.24, 2.45) is 11.1 Å². The van der Waals surface area contributed by atoms with E-state index in [2.05, 4.69) is 44.2 Å². The van der Waals surface area contributed by atoms with Crippen molar-refractivity contribution >= 4 is 6.09 Å². The molecule has 0 aromatic heterocycles. The largest absolute Gasteiger partial charge is 0.494 e. The monoisotopic (exact) mass is 339 g/mol. The molecule has 1 aliphatic carbocycles. The number of fused-ring (bicyclic) bond motifs is 1. The van der Waals surface area contributed by atoms with Gasteiger partial charge in [-0.25, -0.2) is 4.79 Å². The van der Waals surface area contributed by atoms with Gasteiger partial charge in [0.2, 0.25) is 0 Å². The van der Waals surface area contributed by atoms with Crippen molar-refractivity contribution < 1.29 is 14.3 Å². The summed E-state index contributed by atoms with van der Waals surface area (Å²) in [6, 6.07) is 14.4. The summed E-state index contributed by atoms with van der Waals surface area (Å²) in [7, 11) is 0. The second-order valence-corrected chi connectivity index (χ2v) is 7.18. The smallest absolute Gasteiger partial charge is 0.405 e. The molecule has 0 saturated carbocycles.